The van der Waals surface area contributed by atoms with E-state index in [1.54, 1.807) is 4.90 Å². The Kier molecular flexibility index (Phi) is 8.90. The lowest BCUT2D eigenvalue weighted by Crippen LogP contribution is -2.47. The van der Waals surface area contributed by atoms with Crippen molar-refractivity contribution in [2.24, 2.45) is 0 Å². The first-order valence-corrected chi connectivity index (χ1v) is 11.9. The number of nitrogens with one attached hydrogen (secondary N) is 1. The molecule has 1 N–H and O–H groups in total. The number of hydrogen-bond donors (Lipinski definition) is 1. The van der Waals surface area contributed by atoms with E-state index < -0.39 is 6.04 Å². The van der Waals surface area contributed by atoms with E-state index in [2.05, 4.69) is 5.32 Å². The van der Waals surface area contributed by atoms with Crippen LogP contribution in [-0.4, -0.2) is 42.5 Å². The first-order valence-electron chi connectivity index (χ1n) is 11.0. The molecular formula is C24H32N2O3S. The smallest absolute Gasteiger partial charge is 0.264 e. The monoisotopic (exact) mass is 428 g/mol. The summed E-state index contributed by atoms with van der Waals surface area (Å²) in [6, 6.07) is 12.9. The van der Waals surface area contributed by atoms with Gasteiger partial charge in [-0.2, -0.15) is 0 Å². The van der Waals surface area contributed by atoms with Crippen LogP contribution < -0.4 is 5.32 Å². The molecule has 0 bridgehead atoms. The Labute approximate surface area is 183 Å². The molecule has 1 aliphatic rings. The lowest BCUT2D eigenvalue weighted by atomic mass is 9.94. The van der Waals surface area contributed by atoms with Crippen LogP contribution in [0.1, 0.15) is 66.7 Å². The molecule has 30 heavy (non-hydrogen) atoms. The van der Waals surface area contributed by atoms with Crippen molar-refractivity contribution in [2.75, 3.05) is 19.8 Å². The van der Waals surface area contributed by atoms with E-state index in [1.807, 2.05) is 54.8 Å². The minimum Gasteiger partial charge on any atom is -0.382 e. The Balaban J connectivity index is 1.86. The zero-order chi connectivity index (χ0) is 21.2. The molecule has 2 aromatic rings. The Morgan fingerprint density at radius 1 is 1.13 bits per heavy atom. The molecule has 1 heterocycles. The largest absolute Gasteiger partial charge is 0.382 e. The van der Waals surface area contributed by atoms with E-state index in [-0.39, 0.29) is 17.9 Å². The molecule has 2 amide bonds. The van der Waals surface area contributed by atoms with Crippen molar-refractivity contribution in [1.29, 1.82) is 0 Å². The normalized spacial score (nSPS) is 15.5. The van der Waals surface area contributed by atoms with Gasteiger partial charge >= 0.3 is 0 Å². The van der Waals surface area contributed by atoms with Crippen molar-refractivity contribution in [3.05, 3.63) is 58.3 Å². The summed E-state index contributed by atoms with van der Waals surface area (Å²) in [6.07, 6.45) is 6.23. The SMILES string of the molecule is CCOCCCN(C(=O)c1cccs1)C(C(=O)NC1CCCCC1)c1ccccc1. The summed E-state index contributed by atoms with van der Waals surface area (Å²) in [7, 11) is 0. The molecule has 3 rings (SSSR count). The minimum absolute atomic E-state index is 0.0885. The average Bonchev–Trinajstić information content (AvgIpc) is 3.32. The number of carbonyl (C=O) groups excluding carboxylic acids is 2. The lowest BCUT2D eigenvalue weighted by molar-refractivity contribution is -0.127. The highest BCUT2D eigenvalue weighted by Gasteiger charge is 2.33. The number of thiophene rings is 1. The van der Waals surface area contributed by atoms with Crippen LogP contribution in [0, 0.1) is 0 Å². The first-order chi connectivity index (χ1) is 14.7. The fourth-order valence-electron chi connectivity index (χ4n) is 4.01. The van der Waals surface area contributed by atoms with Gasteiger partial charge in [0.1, 0.15) is 6.04 Å². The Bertz CT molecular complexity index is 773. The van der Waals surface area contributed by atoms with E-state index >= 15 is 0 Å². The summed E-state index contributed by atoms with van der Waals surface area (Å²) < 4.78 is 5.49. The van der Waals surface area contributed by atoms with Crippen LogP contribution >= 0.6 is 11.3 Å². The second-order valence-corrected chi connectivity index (χ2v) is 8.63. The van der Waals surface area contributed by atoms with Gasteiger partial charge in [0.05, 0.1) is 4.88 Å². The van der Waals surface area contributed by atoms with Gasteiger partial charge in [-0.15, -0.1) is 11.3 Å². The van der Waals surface area contributed by atoms with Gasteiger partial charge in [-0.3, -0.25) is 9.59 Å². The van der Waals surface area contributed by atoms with E-state index in [0.29, 0.717) is 31.1 Å². The van der Waals surface area contributed by atoms with Crippen molar-refractivity contribution in [2.45, 2.75) is 57.5 Å². The molecule has 5 nitrogen and oxygen atoms in total. The molecule has 1 aromatic carbocycles. The fourth-order valence-corrected chi connectivity index (χ4v) is 4.69. The quantitative estimate of drug-likeness (QED) is 0.553. The predicted molar refractivity (Wildman–Crippen MR) is 121 cm³/mol. The van der Waals surface area contributed by atoms with E-state index in [1.165, 1.54) is 17.8 Å². The molecule has 0 radical (unpaired) electrons. The summed E-state index contributed by atoms with van der Waals surface area (Å²) in [6.45, 7) is 3.63. The van der Waals surface area contributed by atoms with Gasteiger partial charge in [0.15, 0.2) is 0 Å². The number of carbonyl (C=O) groups is 2. The minimum atomic E-state index is -0.649. The molecule has 162 valence electrons. The van der Waals surface area contributed by atoms with Gasteiger partial charge in [-0.05, 0) is 43.2 Å². The molecular weight excluding hydrogens is 396 g/mol. The summed E-state index contributed by atoms with van der Waals surface area (Å²) >= 11 is 1.41. The van der Waals surface area contributed by atoms with Crippen molar-refractivity contribution in [3.8, 4) is 0 Å². The molecule has 1 saturated carbocycles. The van der Waals surface area contributed by atoms with Crippen molar-refractivity contribution in [3.63, 3.8) is 0 Å². The summed E-state index contributed by atoms with van der Waals surface area (Å²) in [4.78, 5) is 29.3. The second-order valence-electron chi connectivity index (χ2n) is 7.68. The third-order valence-electron chi connectivity index (χ3n) is 5.51. The van der Waals surface area contributed by atoms with Crippen LogP contribution in [0.15, 0.2) is 47.8 Å². The van der Waals surface area contributed by atoms with Crippen molar-refractivity contribution < 1.29 is 14.3 Å². The summed E-state index contributed by atoms with van der Waals surface area (Å²) in [5.74, 6) is -0.191. The van der Waals surface area contributed by atoms with E-state index in [9.17, 15) is 9.59 Å². The lowest BCUT2D eigenvalue weighted by Gasteiger charge is -2.33. The van der Waals surface area contributed by atoms with Crippen LogP contribution in [0.2, 0.25) is 0 Å². The Morgan fingerprint density at radius 2 is 1.90 bits per heavy atom. The van der Waals surface area contributed by atoms with Gasteiger partial charge in [0.25, 0.3) is 5.91 Å². The van der Waals surface area contributed by atoms with Gasteiger partial charge in [-0.1, -0.05) is 55.7 Å². The molecule has 0 saturated heterocycles. The zero-order valence-electron chi connectivity index (χ0n) is 17.7. The van der Waals surface area contributed by atoms with Crippen molar-refractivity contribution in [1.82, 2.24) is 10.2 Å². The van der Waals surface area contributed by atoms with Crippen LogP contribution in [0.3, 0.4) is 0 Å². The predicted octanol–water partition coefficient (Wildman–Crippen LogP) is 4.81. The number of hydrogen-bond acceptors (Lipinski definition) is 4. The van der Waals surface area contributed by atoms with Gasteiger partial charge in [0, 0.05) is 25.8 Å². The molecule has 1 atom stereocenters. The third kappa shape index (κ3) is 6.16. The van der Waals surface area contributed by atoms with E-state index in [0.717, 1.165) is 31.2 Å². The molecule has 0 aliphatic heterocycles. The maximum atomic E-state index is 13.5. The first kappa shape index (κ1) is 22.5. The number of rotatable bonds is 10. The highest BCUT2D eigenvalue weighted by Crippen LogP contribution is 2.26. The van der Waals surface area contributed by atoms with E-state index in [4.69, 9.17) is 4.74 Å². The number of amides is 2. The zero-order valence-corrected chi connectivity index (χ0v) is 18.5. The average molecular weight is 429 g/mol. The van der Waals surface area contributed by atoms with Crippen LogP contribution in [-0.2, 0) is 9.53 Å². The molecule has 6 heteroatoms. The van der Waals surface area contributed by atoms with Gasteiger partial charge in [-0.25, -0.2) is 0 Å². The summed E-state index contributed by atoms with van der Waals surface area (Å²) in [5, 5.41) is 5.13. The Morgan fingerprint density at radius 3 is 2.57 bits per heavy atom. The van der Waals surface area contributed by atoms with Gasteiger partial charge in [0.2, 0.25) is 5.91 Å². The van der Waals surface area contributed by atoms with Gasteiger partial charge < -0.3 is 15.0 Å². The van der Waals surface area contributed by atoms with Crippen LogP contribution in [0.4, 0.5) is 0 Å². The van der Waals surface area contributed by atoms with Crippen LogP contribution in [0.5, 0.6) is 0 Å². The maximum absolute atomic E-state index is 13.5. The highest BCUT2D eigenvalue weighted by atomic mass is 32.1. The molecule has 1 aromatic heterocycles. The van der Waals surface area contributed by atoms with Crippen molar-refractivity contribution >= 4 is 23.2 Å². The van der Waals surface area contributed by atoms with Crippen LogP contribution in [0.25, 0.3) is 0 Å². The number of nitrogens with zero attached hydrogens (tertiary/aromatic N) is 1. The Hall–Kier alpha value is -2.18. The third-order valence-corrected chi connectivity index (χ3v) is 6.37. The molecule has 1 unspecified atom stereocenters. The second kappa shape index (κ2) is 11.9. The molecule has 0 spiro atoms. The number of benzene rings is 1. The maximum Gasteiger partial charge on any atom is 0.264 e. The standard InChI is InChI=1S/C24H32N2O3S/c1-2-29-17-10-16-26(24(28)21-15-9-18-30-21)22(19-11-5-3-6-12-19)23(27)25-20-13-7-4-8-14-20/h3,5-6,9,11-12,15,18,20,22H,2,4,7-8,10,13-14,16-17H2,1H3,(H,25,27). The fraction of sp³-hybridized carbons (Fsp3) is 0.500. The summed E-state index contributed by atoms with van der Waals surface area (Å²) in [5.41, 5.74) is 0.840. The topological polar surface area (TPSA) is 58.6 Å². The molecule has 1 aliphatic carbocycles. The highest BCUT2D eigenvalue weighted by molar-refractivity contribution is 7.12. The number of ether oxygens (including phenoxy) is 1. The molecule has 1 fully saturated rings.